The van der Waals surface area contributed by atoms with Gasteiger partial charge in [0, 0.05) is 10.5 Å². The molecule has 1 aliphatic carbocycles. The number of nitrogens with one attached hydrogen (secondary N) is 1. The molecule has 0 aliphatic heterocycles. The van der Waals surface area contributed by atoms with Crippen LogP contribution in [0.2, 0.25) is 0 Å². The highest BCUT2D eigenvalue weighted by Gasteiger charge is 2.23. The van der Waals surface area contributed by atoms with E-state index in [2.05, 4.69) is 21.2 Å². The molecule has 0 saturated heterocycles. The van der Waals surface area contributed by atoms with E-state index in [4.69, 9.17) is 0 Å². The van der Waals surface area contributed by atoms with Crippen molar-refractivity contribution >= 4 is 21.6 Å². The van der Waals surface area contributed by atoms with Crippen LogP contribution in [0.25, 0.3) is 0 Å². The third kappa shape index (κ3) is 1.99. The monoisotopic (exact) mass is 247 g/mol. The Morgan fingerprint density at radius 2 is 1.77 bits per heavy atom. The second-order valence-electron chi connectivity index (χ2n) is 3.16. The summed E-state index contributed by atoms with van der Waals surface area (Å²) < 4.78 is 26.8. The fraction of sp³-hybridized carbons (Fsp3) is 0.333. The van der Waals surface area contributed by atoms with Gasteiger partial charge in [-0.15, -0.1) is 0 Å². The lowest BCUT2D eigenvalue weighted by Crippen LogP contribution is -2.05. The molecule has 0 radical (unpaired) electrons. The minimum absolute atomic E-state index is 0.00861. The van der Waals surface area contributed by atoms with Crippen LogP contribution < -0.4 is 5.32 Å². The quantitative estimate of drug-likeness (QED) is 0.846. The highest BCUT2D eigenvalue weighted by atomic mass is 79.9. The molecule has 0 spiro atoms. The molecule has 1 nitrogen and oxygen atoms in total. The van der Waals surface area contributed by atoms with E-state index >= 15 is 0 Å². The van der Waals surface area contributed by atoms with Gasteiger partial charge < -0.3 is 5.32 Å². The van der Waals surface area contributed by atoms with Crippen LogP contribution in [0.15, 0.2) is 16.6 Å². The molecule has 70 valence electrons. The molecule has 0 atom stereocenters. The summed E-state index contributed by atoms with van der Waals surface area (Å²) in [7, 11) is 0. The highest BCUT2D eigenvalue weighted by Crippen LogP contribution is 2.29. The number of hydrogen-bond donors (Lipinski definition) is 1. The molecule has 1 aromatic carbocycles. The zero-order valence-corrected chi connectivity index (χ0v) is 8.37. The molecule has 1 fully saturated rings. The van der Waals surface area contributed by atoms with Crippen molar-refractivity contribution in [3.05, 3.63) is 28.2 Å². The molecule has 1 saturated carbocycles. The topological polar surface area (TPSA) is 12.0 Å². The first-order valence-corrected chi connectivity index (χ1v) is 4.87. The van der Waals surface area contributed by atoms with Crippen molar-refractivity contribution in [2.45, 2.75) is 18.9 Å². The minimum Gasteiger partial charge on any atom is -0.378 e. The van der Waals surface area contributed by atoms with Gasteiger partial charge in [0.25, 0.3) is 0 Å². The van der Waals surface area contributed by atoms with Gasteiger partial charge in [0.05, 0.1) is 0 Å². The van der Waals surface area contributed by atoms with E-state index in [9.17, 15) is 8.78 Å². The van der Waals surface area contributed by atoms with Gasteiger partial charge in [0.2, 0.25) is 0 Å². The van der Waals surface area contributed by atoms with E-state index in [0.29, 0.717) is 4.47 Å². The summed E-state index contributed by atoms with van der Waals surface area (Å²) in [6.45, 7) is 0. The Balaban J connectivity index is 2.31. The van der Waals surface area contributed by atoms with E-state index in [0.717, 1.165) is 12.8 Å². The number of rotatable bonds is 2. The summed E-state index contributed by atoms with van der Waals surface area (Å²) in [6.07, 6.45) is 1.99. The average Bonchev–Trinajstić information content (AvgIpc) is 2.79. The number of benzene rings is 1. The van der Waals surface area contributed by atoms with E-state index in [1.807, 2.05) is 0 Å². The predicted octanol–water partition coefficient (Wildman–Crippen LogP) is 3.30. The normalized spacial score (nSPS) is 15.9. The second-order valence-corrected chi connectivity index (χ2v) is 4.08. The van der Waals surface area contributed by atoms with Gasteiger partial charge in [-0.25, -0.2) is 8.78 Å². The van der Waals surface area contributed by atoms with Gasteiger partial charge in [-0.05, 0) is 25.0 Å². The Morgan fingerprint density at radius 1 is 1.23 bits per heavy atom. The van der Waals surface area contributed by atoms with Gasteiger partial charge >= 0.3 is 0 Å². The standard InChI is InChI=1S/C9H8BrF2N/c10-5-3-7(11)9(8(12)4-5)13-6-1-2-6/h3-4,6,13H,1-2H2. The molecule has 0 aromatic heterocycles. The van der Waals surface area contributed by atoms with Crippen LogP contribution in [0, 0.1) is 11.6 Å². The van der Waals surface area contributed by atoms with Crippen molar-refractivity contribution in [1.29, 1.82) is 0 Å². The third-order valence-electron chi connectivity index (χ3n) is 1.93. The third-order valence-corrected chi connectivity index (χ3v) is 2.39. The second kappa shape index (κ2) is 3.25. The summed E-state index contributed by atoms with van der Waals surface area (Å²) >= 11 is 3.02. The van der Waals surface area contributed by atoms with E-state index in [-0.39, 0.29) is 11.7 Å². The van der Waals surface area contributed by atoms with Crippen molar-refractivity contribution in [3.8, 4) is 0 Å². The van der Waals surface area contributed by atoms with Crippen molar-refractivity contribution in [1.82, 2.24) is 0 Å². The molecule has 0 bridgehead atoms. The molecule has 1 aliphatic rings. The first-order chi connectivity index (χ1) is 6.16. The number of hydrogen-bond acceptors (Lipinski definition) is 1. The van der Waals surface area contributed by atoms with Gasteiger partial charge in [0.1, 0.15) is 17.3 Å². The largest absolute Gasteiger partial charge is 0.378 e. The fourth-order valence-corrected chi connectivity index (χ4v) is 1.51. The van der Waals surface area contributed by atoms with Crippen LogP contribution >= 0.6 is 15.9 Å². The minimum atomic E-state index is -0.543. The summed E-state index contributed by atoms with van der Waals surface area (Å²) in [6, 6.07) is 2.77. The maximum Gasteiger partial charge on any atom is 0.150 e. The Kier molecular flexibility index (Phi) is 2.24. The van der Waals surface area contributed by atoms with Gasteiger partial charge in [0.15, 0.2) is 0 Å². The van der Waals surface area contributed by atoms with Crippen LogP contribution in [0.3, 0.4) is 0 Å². The van der Waals surface area contributed by atoms with Crippen molar-refractivity contribution in [2.75, 3.05) is 5.32 Å². The highest BCUT2D eigenvalue weighted by molar-refractivity contribution is 9.10. The lowest BCUT2D eigenvalue weighted by atomic mass is 10.3. The lowest BCUT2D eigenvalue weighted by Gasteiger charge is -2.07. The summed E-state index contributed by atoms with van der Waals surface area (Å²) in [4.78, 5) is 0. The smallest absolute Gasteiger partial charge is 0.150 e. The van der Waals surface area contributed by atoms with Gasteiger partial charge in [-0.3, -0.25) is 0 Å². The molecule has 4 heteroatoms. The summed E-state index contributed by atoms with van der Waals surface area (Å²) in [5, 5.41) is 2.81. The molecule has 2 rings (SSSR count). The predicted molar refractivity (Wildman–Crippen MR) is 50.7 cm³/mol. The van der Waals surface area contributed by atoms with Crippen LogP contribution in [-0.4, -0.2) is 6.04 Å². The van der Waals surface area contributed by atoms with E-state index < -0.39 is 11.6 Å². The Labute approximate surface area is 83.3 Å². The van der Waals surface area contributed by atoms with Crippen LogP contribution in [-0.2, 0) is 0 Å². The van der Waals surface area contributed by atoms with Crippen LogP contribution in [0.1, 0.15) is 12.8 Å². The van der Waals surface area contributed by atoms with E-state index in [1.165, 1.54) is 12.1 Å². The van der Waals surface area contributed by atoms with Crippen LogP contribution in [0.5, 0.6) is 0 Å². The summed E-state index contributed by atoms with van der Waals surface area (Å²) in [5.41, 5.74) is -0.00861. The first-order valence-electron chi connectivity index (χ1n) is 4.08. The molecule has 1 aromatic rings. The lowest BCUT2D eigenvalue weighted by molar-refractivity contribution is 0.586. The molecule has 0 unspecified atom stereocenters. The average molecular weight is 248 g/mol. The van der Waals surface area contributed by atoms with Crippen LogP contribution in [0.4, 0.5) is 14.5 Å². The van der Waals surface area contributed by atoms with E-state index in [1.54, 1.807) is 0 Å². The van der Waals surface area contributed by atoms with Crippen molar-refractivity contribution < 1.29 is 8.78 Å². The Hall–Kier alpha value is -0.640. The van der Waals surface area contributed by atoms with Crippen molar-refractivity contribution in [3.63, 3.8) is 0 Å². The zero-order valence-electron chi connectivity index (χ0n) is 6.78. The van der Waals surface area contributed by atoms with Gasteiger partial charge in [-0.2, -0.15) is 0 Å². The van der Waals surface area contributed by atoms with Gasteiger partial charge in [-0.1, -0.05) is 15.9 Å². The molecule has 0 amide bonds. The Bertz CT molecular complexity index is 313. The number of anilines is 1. The first kappa shape index (κ1) is 8.94. The molecular weight excluding hydrogens is 240 g/mol. The fourth-order valence-electron chi connectivity index (χ4n) is 1.11. The maximum atomic E-state index is 13.2. The maximum absolute atomic E-state index is 13.2. The number of halogens is 3. The zero-order chi connectivity index (χ0) is 9.42. The summed E-state index contributed by atoms with van der Waals surface area (Å²) in [5.74, 6) is -1.09. The molecule has 1 N–H and O–H groups in total. The Morgan fingerprint density at radius 3 is 2.23 bits per heavy atom. The molecule has 0 heterocycles. The molecule has 13 heavy (non-hydrogen) atoms. The SMILES string of the molecule is Fc1cc(Br)cc(F)c1NC1CC1. The molecular formula is C9H8BrF2N. The van der Waals surface area contributed by atoms with Crippen molar-refractivity contribution in [2.24, 2.45) is 0 Å².